The molecule has 1 fully saturated rings. The van der Waals surface area contributed by atoms with Gasteiger partial charge in [-0.2, -0.15) is 4.31 Å². The SMILES string of the molecule is Cc1ccc(S(=O)(=O)N2CCN(CCc3cccc(Cl)c3)CC2)s1. The minimum absolute atomic E-state index is 0.451. The van der Waals surface area contributed by atoms with Gasteiger partial charge in [0.2, 0.25) is 0 Å². The van der Waals surface area contributed by atoms with E-state index in [9.17, 15) is 8.42 Å². The predicted molar refractivity (Wildman–Crippen MR) is 99.4 cm³/mol. The van der Waals surface area contributed by atoms with E-state index in [4.69, 9.17) is 11.6 Å². The maximum Gasteiger partial charge on any atom is 0.252 e. The molecule has 24 heavy (non-hydrogen) atoms. The first-order valence-corrected chi connectivity index (χ1v) is 10.6. The van der Waals surface area contributed by atoms with Crippen molar-refractivity contribution in [1.29, 1.82) is 0 Å². The number of hydrogen-bond donors (Lipinski definition) is 0. The Morgan fingerprint density at radius 1 is 1.12 bits per heavy atom. The fourth-order valence-corrected chi connectivity index (χ4v) is 5.92. The van der Waals surface area contributed by atoms with Crippen molar-refractivity contribution in [1.82, 2.24) is 9.21 Å². The molecule has 0 bridgehead atoms. The quantitative estimate of drug-likeness (QED) is 0.794. The van der Waals surface area contributed by atoms with E-state index in [0.717, 1.165) is 36.0 Å². The van der Waals surface area contributed by atoms with Crippen LogP contribution in [0.3, 0.4) is 0 Å². The summed E-state index contributed by atoms with van der Waals surface area (Å²) in [6.07, 6.45) is 0.928. The van der Waals surface area contributed by atoms with E-state index < -0.39 is 10.0 Å². The number of thiophene rings is 1. The van der Waals surface area contributed by atoms with Crippen LogP contribution in [0.2, 0.25) is 5.02 Å². The molecule has 7 heteroatoms. The molecule has 0 radical (unpaired) electrons. The van der Waals surface area contributed by atoms with Crippen LogP contribution in [0.25, 0.3) is 0 Å². The molecular weight excluding hydrogens is 364 g/mol. The Bertz CT molecular complexity index is 796. The summed E-state index contributed by atoms with van der Waals surface area (Å²) >= 11 is 7.35. The van der Waals surface area contributed by atoms with Crippen molar-refractivity contribution < 1.29 is 8.42 Å². The molecule has 0 spiro atoms. The molecule has 0 aliphatic carbocycles. The van der Waals surface area contributed by atoms with Crippen LogP contribution in [0.5, 0.6) is 0 Å². The summed E-state index contributed by atoms with van der Waals surface area (Å²) in [5.41, 5.74) is 1.21. The molecule has 0 N–H and O–H groups in total. The molecule has 1 aliphatic rings. The fourth-order valence-electron chi connectivity index (χ4n) is 2.85. The fraction of sp³-hybridized carbons (Fsp3) is 0.412. The molecule has 1 saturated heterocycles. The van der Waals surface area contributed by atoms with Crippen LogP contribution >= 0.6 is 22.9 Å². The first-order valence-electron chi connectivity index (χ1n) is 7.98. The number of halogens is 1. The molecule has 0 unspecified atom stereocenters. The highest BCUT2D eigenvalue weighted by molar-refractivity contribution is 7.91. The Hall–Kier alpha value is -0.920. The lowest BCUT2D eigenvalue weighted by Gasteiger charge is -2.33. The monoisotopic (exact) mass is 384 g/mol. The Balaban J connectivity index is 1.54. The average molecular weight is 385 g/mol. The van der Waals surface area contributed by atoms with E-state index in [2.05, 4.69) is 11.0 Å². The second-order valence-corrected chi connectivity index (χ2v) is 9.88. The van der Waals surface area contributed by atoms with Crippen LogP contribution in [0.15, 0.2) is 40.6 Å². The van der Waals surface area contributed by atoms with Crippen LogP contribution in [0.1, 0.15) is 10.4 Å². The standard InChI is InChI=1S/C17H21ClN2O2S2/c1-14-5-6-17(23-14)24(21,22)20-11-9-19(10-12-20)8-7-15-3-2-4-16(18)13-15/h2-6,13H,7-12H2,1H3. The maximum absolute atomic E-state index is 12.6. The summed E-state index contributed by atoms with van der Waals surface area (Å²) in [5, 5.41) is 0.759. The topological polar surface area (TPSA) is 40.6 Å². The van der Waals surface area contributed by atoms with Gasteiger partial charge in [-0.25, -0.2) is 8.42 Å². The van der Waals surface area contributed by atoms with Gasteiger partial charge in [-0.15, -0.1) is 11.3 Å². The van der Waals surface area contributed by atoms with Gasteiger partial charge in [0, 0.05) is 42.6 Å². The van der Waals surface area contributed by atoms with Crippen molar-refractivity contribution in [2.24, 2.45) is 0 Å². The van der Waals surface area contributed by atoms with Gasteiger partial charge >= 0.3 is 0 Å². The number of sulfonamides is 1. The van der Waals surface area contributed by atoms with Gasteiger partial charge in [0.25, 0.3) is 10.0 Å². The van der Waals surface area contributed by atoms with E-state index >= 15 is 0 Å². The first-order chi connectivity index (χ1) is 11.4. The van der Waals surface area contributed by atoms with E-state index in [1.165, 1.54) is 16.9 Å². The summed E-state index contributed by atoms with van der Waals surface area (Å²) in [5.74, 6) is 0. The normalized spacial score (nSPS) is 17.2. The lowest BCUT2D eigenvalue weighted by molar-refractivity contribution is 0.190. The molecule has 4 nitrogen and oxygen atoms in total. The van der Waals surface area contributed by atoms with Gasteiger partial charge in [0.1, 0.15) is 4.21 Å². The van der Waals surface area contributed by atoms with Crippen molar-refractivity contribution in [3.8, 4) is 0 Å². The van der Waals surface area contributed by atoms with Crippen LogP contribution < -0.4 is 0 Å². The van der Waals surface area contributed by atoms with Crippen LogP contribution in [0.4, 0.5) is 0 Å². The largest absolute Gasteiger partial charge is 0.300 e. The molecule has 0 amide bonds. The van der Waals surface area contributed by atoms with Crippen molar-refractivity contribution in [3.05, 3.63) is 51.9 Å². The highest BCUT2D eigenvalue weighted by Gasteiger charge is 2.29. The summed E-state index contributed by atoms with van der Waals surface area (Å²) in [4.78, 5) is 3.33. The van der Waals surface area contributed by atoms with E-state index in [1.54, 1.807) is 10.4 Å². The first kappa shape index (κ1) is 17.9. The zero-order valence-electron chi connectivity index (χ0n) is 13.6. The minimum Gasteiger partial charge on any atom is -0.300 e. The summed E-state index contributed by atoms with van der Waals surface area (Å²) in [7, 11) is -3.33. The lowest BCUT2D eigenvalue weighted by atomic mass is 10.1. The minimum atomic E-state index is -3.33. The third-order valence-electron chi connectivity index (χ3n) is 4.25. The van der Waals surface area contributed by atoms with E-state index in [1.807, 2.05) is 31.2 Å². The van der Waals surface area contributed by atoms with Gasteiger partial charge in [0.05, 0.1) is 0 Å². The highest BCUT2D eigenvalue weighted by Crippen LogP contribution is 2.25. The Morgan fingerprint density at radius 3 is 2.50 bits per heavy atom. The van der Waals surface area contributed by atoms with Crippen molar-refractivity contribution in [2.45, 2.75) is 17.6 Å². The molecule has 130 valence electrons. The highest BCUT2D eigenvalue weighted by atomic mass is 35.5. The Labute approximate surface area is 152 Å². The Morgan fingerprint density at radius 2 is 1.88 bits per heavy atom. The smallest absolute Gasteiger partial charge is 0.252 e. The third-order valence-corrected chi connectivity index (χ3v) is 7.85. The molecule has 0 atom stereocenters. The number of benzene rings is 1. The summed E-state index contributed by atoms with van der Waals surface area (Å²) < 4.78 is 27.3. The third kappa shape index (κ3) is 4.18. The molecule has 1 aromatic heterocycles. The molecule has 1 aromatic carbocycles. The maximum atomic E-state index is 12.6. The van der Waals surface area contributed by atoms with Gasteiger partial charge in [-0.3, -0.25) is 0 Å². The van der Waals surface area contributed by atoms with Crippen LogP contribution in [-0.4, -0.2) is 50.3 Å². The zero-order chi connectivity index (χ0) is 17.2. The van der Waals surface area contributed by atoms with Crippen LogP contribution in [-0.2, 0) is 16.4 Å². The Kier molecular flexibility index (Phi) is 5.62. The van der Waals surface area contributed by atoms with E-state index in [-0.39, 0.29) is 0 Å². The molecular formula is C17H21ClN2O2S2. The second-order valence-electron chi connectivity index (χ2n) is 5.99. The second kappa shape index (κ2) is 7.54. The number of nitrogens with zero attached hydrogens (tertiary/aromatic N) is 2. The molecule has 1 aliphatic heterocycles. The van der Waals surface area contributed by atoms with Gasteiger partial charge in [0.15, 0.2) is 0 Å². The van der Waals surface area contributed by atoms with Crippen LogP contribution in [0, 0.1) is 6.92 Å². The zero-order valence-corrected chi connectivity index (χ0v) is 16.0. The van der Waals surface area contributed by atoms with Crippen molar-refractivity contribution in [2.75, 3.05) is 32.7 Å². The molecule has 2 heterocycles. The van der Waals surface area contributed by atoms with Gasteiger partial charge in [-0.05, 0) is 43.2 Å². The predicted octanol–water partition coefficient (Wildman–Crippen LogP) is 3.26. The lowest BCUT2D eigenvalue weighted by Crippen LogP contribution is -2.48. The number of hydrogen-bond acceptors (Lipinski definition) is 4. The van der Waals surface area contributed by atoms with Gasteiger partial charge < -0.3 is 4.90 Å². The number of aryl methyl sites for hydroxylation is 1. The average Bonchev–Trinajstić information content (AvgIpc) is 3.01. The summed E-state index contributed by atoms with van der Waals surface area (Å²) in [6.45, 7) is 5.49. The van der Waals surface area contributed by atoms with Crippen molar-refractivity contribution >= 4 is 33.0 Å². The summed E-state index contributed by atoms with van der Waals surface area (Å²) in [6, 6.07) is 11.5. The molecule has 3 rings (SSSR count). The number of piperazine rings is 1. The van der Waals surface area contributed by atoms with Crippen molar-refractivity contribution in [3.63, 3.8) is 0 Å². The van der Waals surface area contributed by atoms with E-state index in [0.29, 0.717) is 17.3 Å². The molecule has 2 aromatic rings. The van der Waals surface area contributed by atoms with Gasteiger partial charge in [-0.1, -0.05) is 23.7 Å². The number of rotatable bonds is 5. The molecule has 0 saturated carbocycles.